The van der Waals surface area contributed by atoms with Crippen LogP contribution >= 0.6 is 0 Å². The highest BCUT2D eigenvalue weighted by Crippen LogP contribution is 2.20. The minimum absolute atomic E-state index is 0.0686. The molecule has 1 aliphatic heterocycles. The molecule has 2 aromatic heterocycles. The predicted octanol–water partition coefficient (Wildman–Crippen LogP) is 0.446. The summed E-state index contributed by atoms with van der Waals surface area (Å²) in [7, 11) is 1.56. The Kier molecular flexibility index (Phi) is 3.76. The first-order valence-electron chi connectivity index (χ1n) is 6.90. The van der Waals surface area contributed by atoms with Gasteiger partial charge in [0.15, 0.2) is 5.69 Å². The number of piperazine rings is 1. The summed E-state index contributed by atoms with van der Waals surface area (Å²) in [6, 6.07) is 3.51. The molecule has 112 valence electrons. The zero-order valence-electron chi connectivity index (χ0n) is 11.9. The smallest absolute Gasteiger partial charge is 0.356 e. The third-order valence-corrected chi connectivity index (χ3v) is 3.70. The van der Waals surface area contributed by atoms with E-state index in [-0.39, 0.29) is 5.69 Å². The van der Waals surface area contributed by atoms with E-state index in [9.17, 15) is 9.90 Å². The lowest BCUT2D eigenvalue weighted by molar-refractivity contribution is 0.0693. The SMILES string of the molecule is COc1ccn2c(CN3CCNCC3)nc(C(=O)O)c2c1. The topological polar surface area (TPSA) is 79.1 Å². The standard InChI is InChI=1S/C14H18N4O3/c1-21-10-2-5-18-11(8-10)13(14(19)20)16-12(18)9-17-6-3-15-4-7-17/h2,5,8,15H,3-4,6-7,9H2,1H3,(H,19,20). The maximum atomic E-state index is 11.4. The lowest BCUT2D eigenvalue weighted by atomic mass is 10.3. The van der Waals surface area contributed by atoms with Gasteiger partial charge < -0.3 is 19.6 Å². The monoisotopic (exact) mass is 290 g/mol. The first-order chi connectivity index (χ1) is 10.2. The van der Waals surface area contributed by atoms with E-state index < -0.39 is 5.97 Å². The van der Waals surface area contributed by atoms with Crippen molar-refractivity contribution in [2.75, 3.05) is 33.3 Å². The molecule has 0 atom stereocenters. The van der Waals surface area contributed by atoms with Crippen molar-refractivity contribution in [1.29, 1.82) is 0 Å². The second-order valence-electron chi connectivity index (χ2n) is 5.03. The highest BCUT2D eigenvalue weighted by Gasteiger charge is 2.19. The first-order valence-corrected chi connectivity index (χ1v) is 6.90. The van der Waals surface area contributed by atoms with Gasteiger partial charge in [-0.25, -0.2) is 9.78 Å². The highest BCUT2D eigenvalue weighted by molar-refractivity contribution is 5.94. The normalized spacial score (nSPS) is 16.2. The second kappa shape index (κ2) is 5.71. The number of carboxylic acid groups (broad SMARTS) is 1. The van der Waals surface area contributed by atoms with Crippen molar-refractivity contribution in [2.24, 2.45) is 0 Å². The average molecular weight is 290 g/mol. The van der Waals surface area contributed by atoms with Gasteiger partial charge in [0.25, 0.3) is 0 Å². The number of rotatable bonds is 4. The van der Waals surface area contributed by atoms with Gasteiger partial charge in [-0.15, -0.1) is 0 Å². The number of carboxylic acids is 1. The average Bonchev–Trinajstić information content (AvgIpc) is 2.86. The number of methoxy groups -OCH3 is 1. The summed E-state index contributed by atoms with van der Waals surface area (Å²) in [5.74, 6) is 0.345. The van der Waals surface area contributed by atoms with Gasteiger partial charge in [0.05, 0.1) is 19.2 Å². The number of nitrogens with one attached hydrogen (secondary N) is 1. The molecule has 1 aliphatic rings. The molecule has 1 fully saturated rings. The summed E-state index contributed by atoms with van der Waals surface area (Å²) < 4.78 is 6.99. The molecule has 0 saturated carbocycles. The van der Waals surface area contributed by atoms with Crippen LogP contribution in [0.3, 0.4) is 0 Å². The van der Waals surface area contributed by atoms with Crippen LogP contribution in [-0.2, 0) is 6.54 Å². The molecular formula is C14H18N4O3. The molecule has 0 bridgehead atoms. The van der Waals surface area contributed by atoms with E-state index in [1.807, 2.05) is 16.7 Å². The fraction of sp³-hybridized carbons (Fsp3) is 0.429. The molecule has 0 aromatic carbocycles. The molecule has 3 rings (SSSR count). The Morgan fingerprint density at radius 3 is 2.90 bits per heavy atom. The van der Waals surface area contributed by atoms with Gasteiger partial charge in [0.2, 0.25) is 0 Å². The molecule has 1 saturated heterocycles. The molecule has 2 N–H and O–H groups in total. The summed E-state index contributed by atoms with van der Waals surface area (Å²) in [5, 5.41) is 12.6. The van der Waals surface area contributed by atoms with E-state index in [1.165, 1.54) is 0 Å². The summed E-state index contributed by atoms with van der Waals surface area (Å²) in [4.78, 5) is 17.9. The van der Waals surface area contributed by atoms with Crippen molar-refractivity contribution in [3.63, 3.8) is 0 Å². The summed E-state index contributed by atoms with van der Waals surface area (Å²) in [5.41, 5.74) is 0.631. The summed E-state index contributed by atoms with van der Waals surface area (Å²) in [6.07, 6.45) is 1.81. The van der Waals surface area contributed by atoms with Crippen LogP contribution in [0, 0.1) is 0 Å². The molecule has 3 heterocycles. The maximum absolute atomic E-state index is 11.4. The van der Waals surface area contributed by atoms with Crippen LogP contribution in [0.15, 0.2) is 18.3 Å². The van der Waals surface area contributed by atoms with Crippen LogP contribution in [0.1, 0.15) is 16.3 Å². The van der Waals surface area contributed by atoms with Gasteiger partial charge in [-0.1, -0.05) is 0 Å². The van der Waals surface area contributed by atoms with Gasteiger partial charge in [0, 0.05) is 38.4 Å². The third-order valence-electron chi connectivity index (χ3n) is 3.70. The second-order valence-corrected chi connectivity index (χ2v) is 5.03. The zero-order valence-corrected chi connectivity index (χ0v) is 11.9. The van der Waals surface area contributed by atoms with E-state index in [1.54, 1.807) is 13.2 Å². The molecule has 21 heavy (non-hydrogen) atoms. The first kappa shape index (κ1) is 13.8. The highest BCUT2D eigenvalue weighted by atomic mass is 16.5. The van der Waals surface area contributed by atoms with Crippen molar-refractivity contribution in [3.8, 4) is 5.75 Å². The Labute approximate surface area is 122 Å². The summed E-state index contributed by atoms with van der Waals surface area (Å²) >= 11 is 0. The molecule has 0 unspecified atom stereocenters. The molecule has 7 heteroatoms. The van der Waals surface area contributed by atoms with E-state index in [2.05, 4.69) is 15.2 Å². The van der Waals surface area contributed by atoms with Crippen molar-refractivity contribution < 1.29 is 14.6 Å². The number of pyridine rings is 1. The molecular weight excluding hydrogens is 272 g/mol. The molecule has 0 amide bonds. The minimum Gasteiger partial charge on any atom is -0.497 e. The fourth-order valence-electron chi connectivity index (χ4n) is 2.59. The van der Waals surface area contributed by atoms with Gasteiger partial charge in [0.1, 0.15) is 11.6 Å². The largest absolute Gasteiger partial charge is 0.497 e. The maximum Gasteiger partial charge on any atom is 0.356 e. The van der Waals surface area contributed by atoms with Crippen LogP contribution < -0.4 is 10.1 Å². The van der Waals surface area contributed by atoms with Crippen molar-refractivity contribution in [2.45, 2.75) is 6.54 Å². The zero-order chi connectivity index (χ0) is 14.8. The van der Waals surface area contributed by atoms with E-state index >= 15 is 0 Å². The third kappa shape index (κ3) is 2.70. The van der Waals surface area contributed by atoms with E-state index in [0.717, 1.165) is 32.0 Å². The van der Waals surface area contributed by atoms with E-state index in [4.69, 9.17) is 4.74 Å². The van der Waals surface area contributed by atoms with E-state index in [0.29, 0.717) is 17.8 Å². The number of aromatic nitrogens is 2. The number of nitrogens with zero attached hydrogens (tertiary/aromatic N) is 3. The minimum atomic E-state index is -1.02. The van der Waals surface area contributed by atoms with Crippen LogP contribution in [-0.4, -0.2) is 58.6 Å². The molecule has 0 aliphatic carbocycles. The van der Waals surface area contributed by atoms with Crippen LogP contribution in [0.25, 0.3) is 5.52 Å². The number of carbonyl (C=O) groups is 1. The van der Waals surface area contributed by atoms with Crippen molar-refractivity contribution in [1.82, 2.24) is 19.6 Å². The van der Waals surface area contributed by atoms with Crippen LogP contribution in [0.2, 0.25) is 0 Å². The Hall–Kier alpha value is -2.12. The van der Waals surface area contributed by atoms with Crippen molar-refractivity contribution >= 4 is 11.5 Å². The quantitative estimate of drug-likeness (QED) is 0.851. The molecule has 7 nitrogen and oxygen atoms in total. The Bertz CT molecular complexity index is 662. The van der Waals surface area contributed by atoms with Crippen LogP contribution in [0.4, 0.5) is 0 Å². The van der Waals surface area contributed by atoms with Gasteiger partial charge in [-0.3, -0.25) is 4.90 Å². The molecule has 2 aromatic rings. The molecule has 0 radical (unpaired) electrons. The number of imidazole rings is 1. The van der Waals surface area contributed by atoms with Gasteiger partial charge in [-0.2, -0.15) is 0 Å². The lowest BCUT2D eigenvalue weighted by Gasteiger charge is -2.26. The molecule has 0 spiro atoms. The van der Waals surface area contributed by atoms with Gasteiger partial charge >= 0.3 is 5.97 Å². The number of ether oxygens (including phenoxy) is 1. The lowest BCUT2D eigenvalue weighted by Crippen LogP contribution is -2.43. The Morgan fingerprint density at radius 1 is 1.48 bits per heavy atom. The number of aromatic carboxylic acids is 1. The van der Waals surface area contributed by atoms with Crippen LogP contribution in [0.5, 0.6) is 5.75 Å². The Morgan fingerprint density at radius 2 is 2.24 bits per heavy atom. The number of hydrogen-bond donors (Lipinski definition) is 2. The van der Waals surface area contributed by atoms with Crippen molar-refractivity contribution in [3.05, 3.63) is 29.8 Å². The summed E-state index contributed by atoms with van der Waals surface area (Å²) in [6.45, 7) is 4.41. The van der Waals surface area contributed by atoms with Gasteiger partial charge in [-0.05, 0) is 6.07 Å². The predicted molar refractivity (Wildman–Crippen MR) is 76.9 cm³/mol. The Balaban J connectivity index is 1.99. The number of hydrogen-bond acceptors (Lipinski definition) is 5. The fourth-order valence-corrected chi connectivity index (χ4v) is 2.59. The number of fused-ring (bicyclic) bond motifs is 1.